The Morgan fingerprint density at radius 1 is 0.882 bits per heavy atom. The first-order valence-corrected chi connectivity index (χ1v) is 14.2. The molecule has 178 valence electrons. The Hall–Kier alpha value is -2.47. The van der Waals surface area contributed by atoms with E-state index in [2.05, 4.69) is 85.2 Å². The second-order valence-corrected chi connectivity index (χ2v) is 14.5. The number of allylic oxidation sites excluding steroid dienone is 1. The number of rotatable bonds is 8. The number of methoxy groups -OCH3 is 1. The van der Waals surface area contributed by atoms with Gasteiger partial charge in [0, 0.05) is 4.47 Å². The van der Waals surface area contributed by atoms with Crippen LogP contribution in [0, 0.1) is 0 Å². The van der Waals surface area contributed by atoms with E-state index in [0.717, 1.165) is 10.0 Å². The Balaban J connectivity index is 2.26. The van der Waals surface area contributed by atoms with Gasteiger partial charge in [0.15, 0.2) is 0 Å². The minimum absolute atomic E-state index is 0.212. The van der Waals surface area contributed by atoms with E-state index in [0.29, 0.717) is 0 Å². The molecular formula is C29H33BrO3Si. The van der Waals surface area contributed by atoms with Gasteiger partial charge in [0.25, 0.3) is 8.32 Å². The van der Waals surface area contributed by atoms with Crippen molar-refractivity contribution in [3.05, 3.63) is 107 Å². The molecule has 0 saturated carbocycles. The Bertz CT molecular complexity index is 1050. The van der Waals surface area contributed by atoms with Gasteiger partial charge in [0.2, 0.25) is 0 Å². The van der Waals surface area contributed by atoms with Crippen LogP contribution in [0.3, 0.4) is 0 Å². The van der Waals surface area contributed by atoms with Gasteiger partial charge in [-0.25, -0.2) is 0 Å². The predicted molar refractivity (Wildman–Crippen MR) is 146 cm³/mol. The van der Waals surface area contributed by atoms with Crippen molar-refractivity contribution in [3.8, 4) is 0 Å². The van der Waals surface area contributed by atoms with Crippen molar-refractivity contribution in [1.29, 1.82) is 0 Å². The average Bonchev–Trinajstić information content (AvgIpc) is 2.84. The lowest BCUT2D eigenvalue weighted by Crippen LogP contribution is -2.68. The summed E-state index contributed by atoms with van der Waals surface area (Å²) in [4.78, 5) is 13.2. The number of carbonyl (C=O) groups is 1. The number of ether oxygens (including phenoxy) is 1. The van der Waals surface area contributed by atoms with Gasteiger partial charge in [0.1, 0.15) is 5.92 Å². The molecular weight excluding hydrogens is 504 g/mol. The lowest BCUT2D eigenvalue weighted by atomic mass is 9.93. The van der Waals surface area contributed by atoms with E-state index in [1.807, 2.05) is 55.5 Å². The maximum atomic E-state index is 13.2. The first-order valence-electron chi connectivity index (χ1n) is 11.5. The van der Waals surface area contributed by atoms with E-state index in [-0.39, 0.29) is 11.0 Å². The second kappa shape index (κ2) is 11.3. The maximum Gasteiger partial charge on any atom is 0.316 e. The summed E-state index contributed by atoms with van der Waals surface area (Å²) in [5.74, 6) is -0.917. The molecule has 0 radical (unpaired) electrons. The molecule has 0 aliphatic rings. The van der Waals surface area contributed by atoms with Crippen molar-refractivity contribution in [1.82, 2.24) is 0 Å². The highest BCUT2D eigenvalue weighted by molar-refractivity contribution is 9.10. The van der Waals surface area contributed by atoms with Gasteiger partial charge in [-0.2, -0.15) is 0 Å². The van der Waals surface area contributed by atoms with E-state index < -0.39 is 20.3 Å². The van der Waals surface area contributed by atoms with Gasteiger partial charge in [-0.3, -0.25) is 4.79 Å². The minimum Gasteiger partial charge on any atom is -0.468 e. The fraction of sp³-hybridized carbons (Fsp3) is 0.276. The Morgan fingerprint density at radius 2 is 1.38 bits per heavy atom. The first-order chi connectivity index (χ1) is 16.2. The molecule has 2 atom stereocenters. The summed E-state index contributed by atoms with van der Waals surface area (Å²) in [5.41, 5.74) is 0.857. The van der Waals surface area contributed by atoms with Gasteiger partial charge in [-0.05, 0) is 40.0 Å². The van der Waals surface area contributed by atoms with Crippen LogP contribution in [-0.2, 0) is 14.0 Å². The molecule has 0 N–H and O–H groups in total. The third-order valence-electron chi connectivity index (χ3n) is 6.12. The fourth-order valence-corrected chi connectivity index (χ4v) is 9.46. The molecule has 3 nitrogen and oxygen atoms in total. The number of hydrogen-bond donors (Lipinski definition) is 0. The van der Waals surface area contributed by atoms with Crippen LogP contribution in [0.2, 0.25) is 5.04 Å². The van der Waals surface area contributed by atoms with Gasteiger partial charge >= 0.3 is 5.97 Å². The SMILES string of the molecule is C/C=C/[C@@H](O[Si](c1ccccc1)(c1ccccc1)C(C)(C)C)[C@@H](C(=O)OC)c1ccc(Br)cc1. The summed E-state index contributed by atoms with van der Waals surface area (Å²) in [6.45, 7) is 8.66. The van der Waals surface area contributed by atoms with E-state index in [9.17, 15) is 4.79 Å². The average molecular weight is 538 g/mol. The summed E-state index contributed by atoms with van der Waals surface area (Å²) in [6, 6.07) is 28.7. The van der Waals surface area contributed by atoms with Crippen molar-refractivity contribution < 1.29 is 14.0 Å². The summed E-state index contributed by atoms with van der Waals surface area (Å²) in [6.07, 6.45) is 3.44. The summed E-state index contributed by atoms with van der Waals surface area (Å²) in [5, 5.41) is 2.13. The molecule has 0 amide bonds. The lowest BCUT2D eigenvalue weighted by molar-refractivity contribution is -0.144. The number of esters is 1. The summed E-state index contributed by atoms with van der Waals surface area (Å²) in [7, 11) is -1.45. The third kappa shape index (κ3) is 5.43. The number of carbonyl (C=O) groups excluding carboxylic acids is 1. The maximum absolute atomic E-state index is 13.2. The Morgan fingerprint density at radius 3 is 1.79 bits per heavy atom. The monoisotopic (exact) mass is 536 g/mol. The number of benzene rings is 3. The Labute approximate surface area is 213 Å². The molecule has 0 saturated heterocycles. The molecule has 0 aliphatic carbocycles. The largest absolute Gasteiger partial charge is 0.468 e. The molecule has 0 aliphatic heterocycles. The van der Waals surface area contributed by atoms with Crippen LogP contribution >= 0.6 is 15.9 Å². The van der Waals surface area contributed by atoms with Crippen molar-refractivity contribution in [2.75, 3.05) is 7.11 Å². The highest BCUT2D eigenvalue weighted by Crippen LogP contribution is 2.40. The van der Waals surface area contributed by atoms with E-state index in [1.165, 1.54) is 17.5 Å². The molecule has 5 heteroatoms. The molecule has 0 bridgehead atoms. The number of halogens is 1. The zero-order valence-electron chi connectivity index (χ0n) is 20.5. The van der Waals surface area contributed by atoms with Gasteiger partial charge < -0.3 is 9.16 Å². The van der Waals surface area contributed by atoms with E-state index in [1.54, 1.807) is 0 Å². The van der Waals surface area contributed by atoms with Crippen LogP contribution in [0.5, 0.6) is 0 Å². The molecule has 0 fully saturated rings. The molecule has 0 unspecified atom stereocenters. The predicted octanol–water partition coefficient (Wildman–Crippen LogP) is 6.23. The van der Waals surface area contributed by atoms with Gasteiger partial charge in [0.05, 0.1) is 13.2 Å². The molecule has 3 aromatic carbocycles. The highest BCUT2D eigenvalue weighted by Gasteiger charge is 2.52. The molecule has 34 heavy (non-hydrogen) atoms. The minimum atomic E-state index is -2.88. The molecule has 0 aromatic heterocycles. The van der Waals surface area contributed by atoms with Crippen LogP contribution in [0.1, 0.15) is 39.2 Å². The molecule has 0 heterocycles. The van der Waals surface area contributed by atoms with Crippen LogP contribution in [-0.4, -0.2) is 27.5 Å². The van der Waals surface area contributed by atoms with Crippen molar-refractivity contribution in [2.45, 2.75) is 44.8 Å². The molecule has 3 aromatic rings. The van der Waals surface area contributed by atoms with Crippen LogP contribution < -0.4 is 10.4 Å². The third-order valence-corrected chi connectivity index (χ3v) is 11.7. The topological polar surface area (TPSA) is 35.5 Å². The van der Waals surface area contributed by atoms with Crippen LogP contribution in [0.15, 0.2) is 102 Å². The van der Waals surface area contributed by atoms with Crippen LogP contribution in [0.4, 0.5) is 0 Å². The molecule has 3 rings (SSSR count). The van der Waals surface area contributed by atoms with Crippen molar-refractivity contribution >= 4 is 40.6 Å². The van der Waals surface area contributed by atoms with Gasteiger partial charge in [-0.15, -0.1) is 0 Å². The van der Waals surface area contributed by atoms with Crippen molar-refractivity contribution in [2.24, 2.45) is 0 Å². The highest BCUT2D eigenvalue weighted by atomic mass is 79.9. The summed E-state index contributed by atoms with van der Waals surface area (Å²) < 4.78 is 13.6. The zero-order valence-corrected chi connectivity index (χ0v) is 23.1. The normalized spacial score (nSPS) is 14.1. The van der Waals surface area contributed by atoms with E-state index >= 15 is 0 Å². The van der Waals surface area contributed by atoms with Crippen molar-refractivity contribution in [3.63, 3.8) is 0 Å². The summed E-state index contributed by atoms with van der Waals surface area (Å²) >= 11 is 3.50. The Kier molecular flexibility index (Phi) is 8.69. The first kappa shape index (κ1) is 26.1. The van der Waals surface area contributed by atoms with Gasteiger partial charge in [-0.1, -0.05) is 122 Å². The second-order valence-electron chi connectivity index (χ2n) is 9.32. The smallest absolute Gasteiger partial charge is 0.316 e. The van der Waals surface area contributed by atoms with Crippen LogP contribution in [0.25, 0.3) is 0 Å². The fourth-order valence-electron chi connectivity index (χ4n) is 4.56. The molecule has 0 spiro atoms. The zero-order chi connectivity index (χ0) is 24.8. The van der Waals surface area contributed by atoms with E-state index in [4.69, 9.17) is 9.16 Å². The number of hydrogen-bond acceptors (Lipinski definition) is 3. The lowest BCUT2D eigenvalue weighted by Gasteiger charge is -2.45. The quantitative estimate of drug-likeness (QED) is 0.194. The standard InChI is InChI=1S/C29H33BrO3Si/c1-6-13-26(27(28(31)32-5)22-18-20-23(30)21-19-22)33-34(29(2,3)4,24-14-9-7-10-15-24)25-16-11-8-12-17-25/h6-21,26-27H,1-5H3/b13-6+/t26-,27+/m1/s1.